The number of methoxy groups -OCH3 is 1. The van der Waals surface area contributed by atoms with Gasteiger partial charge in [-0.05, 0) is 74.2 Å². The molecule has 1 N–H and O–H groups in total. The first-order chi connectivity index (χ1) is 14.6. The molecule has 0 aromatic heterocycles. The molecule has 0 radical (unpaired) electrons. The molecule has 0 spiro atoms. The minimum Gasteiger partial charge on any atom is -0.495 e. The van der Waals surface area contributed by atoms with E-state index < -0.39 is 0 Å². The van der Waals surface area contributed by atoms with E-state index in [2.05, 4.69) is 54.1 Å². The molecule has 1 aliphatic heterocycles. The first kappa shape index (κ1) is 22.4. The lowest BCUT2D eigenvalue weighted by Crippen LogP contribution is -2.40. The highest BCUT2D eigenvalue weighted by Crippen LogP contribution is 2.29. The first-order valence-corrected chi connectivity index (χ1v) is 11.6. The van der Waals surface area contributed by atoms with Crippen LogP contribution < -0.4 is 15.0 Å². The van der Waals surface area contributed by atoms with Crippen molar-refractivity contribution >= 4 is 28.7 Å². The molecule has 2 aromatic rings. The second-order valence-electron chi connectivity index (χ2n) is 8.07. The van der Waals surface area contributed by atoms with Gasteiger partial charge in [0.05, 0.1) is 12.8 Å². The molecular weight excluding hydrogens is 390 g/mol. The normalized spacial score (nSPS) is 14.1. The van der Waals surface area contributed by atoms with Crippen molar-refractivity contribution in [3.8, 4) is 5.75 Å². The van der Waals surface area contributed by atoms with Gasteiger partial charge in [0.1, 0.15) is 5.75 Å². The van der Waals surface area contributed by atoms with Crippen molar-refractivity contribution in [3.05, 3.63) is 53.6 Å². The average molecular weight is 426 g/mol. The van der Waals surface area contributed by atoms with Crippen LogP contribution in [-0.2, 0) is 13.0 Å². The zero-order valence-electron chi connectivity index (χ0n) is 18.8. The molecule has 162 valence electrons. The Kier molecular flexibility index (Phi) is 7.97. The van der Waals surface area contributed by atoms with Gasteiger partial charge in [-0.15, -0.1) is 0 Å². The number of nitrogens with one attached hydrogen (secondary N) is 1. The van der Waals surface area contributed by atoms with Crippen molar-refractivity contribution in [1.29, 1.82) is 0 Å². The third-order valence-corrected chi connectivity index (χ3v) is 6.27. The largest absolute Gasteiger partial charge is 0.495 e. The predicted octanol–water partition coefficient (Wildman–Crippen LogP) is 5.86. The molecule has 1 heterocycles. The number of nitrogens with zero attached hydrogens (tertiary/aromatic N) is 2. The van der Waals surface area contributed by atoms with E-state index in [1.807, 2.05) is 24.3 Å². The summed E-state index contributed by atoms with van der Waals surface area (Å²) in [5.74, 6) is 0.800. The van der Waals surface area contributed by atoms with Gasteiger partial charge < -0.3 is 19.9 Å². The maximum absolute atomic E-state index is 5.83. The summed E-state index contributed by atoms with van der Waals surface area (Å²) >= 11 is 5.83. The first-order valence-electron chi connectivity index (χ1n) is 11.1. The average Bonchev–Trinajstić information content (AvgIpc) is 2.77. The Balaban J connectivity index is 1.79. The van der Waals surface area contributed by atoms with Crippen molar-refractivity contribution in [2.75, 3.05) is 30.4 Å². The van der Waals surface area contributed by atoms with Gasteiger partial charge in [-0.2, -0.15) is 0 Å². The summed E-state index contributed by atoms with van der Waals surface area (Å²) in [7, 11) is 1.69. The fraction of sp³-hybridized carbons (Fsp3) is 0.480. The lowest BCUT2D eigenvalue weighted by atomic mass is 9.98. The van der Waals surface area contributed by atoms with Gasteiger partial charge in [-0.25, -0.2) is 0 Å². The number of fused-ring (bicyclic) bond motifs is 1. The molecule has 30 heavy (non-hydrogen) atoms. The Morgan fingerprint density at radius 1 is 1.23 bits per heavy atom. The van der Waals surface area contributed by atoms with Gasteiger partial charge in [-0.1, -0.05) is 38.1 Å². The van der Waals surface area contributed by atoms with Gasteiger partial charge >= 0.3 is 0 Å². The standard InChI is InChI=1S/C25H35N3OS/c1-5-15-27-16-9-10-21-17-20(13-14-23(21)27)18-28(19(3)6-2)25(30)26-22-11-7-8-12-24(22)29-4/h7-8,11-14,17,19H,5-6,9-10,15-16,18H2,1-4H3,(H,26,30)/t19-/m0/s1. The number of thiocarbonyl (C=S) groups is 1. The quantitative estimate of drug-likeness (QED) is 0.535. The summed E-state index contributed by atoms with van der Waals surface area (Å²) in [4.78, 5) is 4.82. The van der Waals surface area contributed by atoms with Crippen LogP contribution >= 0.6 is 12.2 Å². The SMILES string of the molecule is CCCN1CCCc2cc(CN(C(=S)Nc3ccccc3OC)[C@@H](C)CC)ccc21. The van der Waals surface area contributed by atoms with Crippen LogP contribution in [0.25, 0.3) is 0 Å². The summed E-state index contributed by atoms with van der Waals surface area (Å²) in [6.07, 6.45) is 4.62. The van der Waals surface area contributed by atoms with Crippen LogP contribution in [0.15, 0.2) is 42.5 Å². The van der Waals surface area contributed by atoms with Crippen molar-refractivity contribution in [1.82, 2.24) is 4.90 Å². The van der Waals surface area contributed by atoms with E-state index in [0.717, 1.165) is 42.5 Å². The third-order valence-electron chi connectivity index (χ3n) is 5.94. The van der Waals surface area contributed by atoms with Crippen LogP contribution in [0, 0.1) is 0 Å². The van der Waals surface area contributed by atoms with Gasteiger partial charge in [0, 0.05) is 31.4 Å². The molecule has 2 aromatic carbocycles. The van der Waals surface area contributed by atoms with Crippen LogP contribution in [0.5, 0.6) is 5.75 Å². The number of aryl methyl sites for hydroxylation is 1. The molecule has 0 fully saturated rings. The zero-order valence-corrected chi connectivity index (χ0v) is 19.6. The van der Waals surface area contributed by atoms with Crippen LogP contribution in [0.4, 0.5) is 11.4 Å². The van der Waals surface area contributed by atoms with Gasteiger partial charge in [0.25, 0.3) is 0 Å². The maximum atomic E-state index is 5.83. The molecule has 3 rings (SSSR count). The molecule has 0 bridgehead atoms. The molecule has 0 aliphatic carbocycles. The van der Waals surface area contributed by atoms with Crippen molar-refractivity contribution in [3.63, 3.8) is 0 Å². The lowest BCUT2D eigenvalue weighted by molar-refractivity contribution is 0.319. The minimum atomic E-state index is 0.340. The monoisotopic (exact) mass is 425 g/mol. The van der Waals surface area contributed by atoms with Crippen LogP contribution in [0.2, 0.25) is 0 Å². The van der Waals surface area contributed by atoms with Crippen molar-refractivity contribution in [2.45, 2.75) is 59.0 Å². The van der Waals surface area contributed by atoms with E-state index in [1.165, 1.54) is 36.2 Å². The lowest BCUT2D eigenvalue weighted by Gasteiger charge is -2.34. The molecule has 1 atom stereocenters. The highest BCUT2D eigenvalue weighted by Gasteiger charge is 2.20. The molecule has 0 saturated carbocycles. The fourth-order valence-electron chi connectivity index (χ4n) is 4.11. The smallest absolute Gasteiger partial charge is 0.174 e. The summed E-state index contributed by atoms with van der Waals surface area (Å²) in [6.45, 7) is 9.81. The van der Waals surface area contributed by atoms with Gasteiger partial charge in [0.2, 0.25) is 0 Å². The third kappa shape index (κ3) is 5.25. The highest BCUT2D eigenvalue weighted by molar-refractivity contribution is 7.80. The van der Waals surface area contributed by atoms with Crippen LogP contribution in [0.3, 0.4) is 0 Å². The number of hydrogen-bond donors (Lipinski definition) is 1. The molecule has 0 unspecified atom stereocenters. The Bertz CT molecular complexity index is 854. The molecule has 5 heteroatoms. The summed E-state index contributed by atoms with van der Waals surface area (Å²) in [5, 5.41) is 4.14. The zero-order chi connectivity index (χ0) is 21.5. The fourth-order valence-corrected chi connectivity index (χ4v) is 4.46. The Morgan fingerprint density at radius 3 is 2.77 bits per heavy atom. The number of anilines is 2. The summed E-state index contributed by atoms with van der Waals surface area (Å²) in [6, 6.07) is 15.2. The number of ether oxygens (including phenoxy) is 1. The number of benzene rings is 2. The van der Waals surface area contributed by atoms with E-state index in [-0.39, 0.29) is 0 Å². The van der Waals surface area contributed by atoms with Gasteiger partial charge in [0.15, 0.2) is 5.11 Å². The Labute approximate surface area is 187 Å². The van der Waals surface area contributed by atoms with Gasteiger partial charge in [-0.3, -0.25) is 0 Å². The predicted molar refractivity (Wildman–Crippen MR) is 132 cm³/mol. The van der Waals surface area contributed by atoms with E-state index in [1.54, 1.807) is 7.11 Å². The molecular formula is C25H35N3OS. The summed E-state index contributed by atoms with van der Waals surface area (Å²) in [5.41, 5.74) is 5.10. The number of hydrogen-bond acceptors (Lipinski definition) is 3. The Hall–Kier alpha value is -2.27. The second kappa shape index (κ2) is 10.7. The molecule has 4 nitrogen and oxygen atoms in total. The minimum absolute atomic E-state index is 0.340. The van der Waals surface area contributed by atoms with E-state index in [9.17, 15) is 0 Å². The molecule has 0 saturated heterocycles. The molecule has 0 amide bonds. The van der Waals surface area contributed by atoms with Crippen molar-refractivity contribution < 1.29 is 4.74 Å². The molecule has 1 aliphatic rings. The Morgan fingerprint density at radius 2 is 2.03 bits per heavy atom. The second-order valence-corrected chi connectivity index (χ2v) is 8.46. The van der Waals surface area contributed by atoms with Crippen molar-refractivity contribution in [2.24, 2.45) is 0 Å². The van der Waals surface area contributed by atoms with Crippen LogP contribution in [0.1, 0.15) is 51.2 Å². The summed E-state index contributed by atoms with van der Waals surface area (Å²) < 4.78 is 5.48. The maximum Gasteiger partial charge on any atom is 0.174 e. The van der Waals surface area contributed by atoms with E-state index >= 15 is 0 Å². The highest BCUT2D eigenvalue weighted by atomic mass is 32.1. The van der Waals surface area contributed by atoms with E-state index in [4.69, 9.17) is 17.0 Å². The van der Waals surface area contributed by atoms with Crippen LogP contribution in [-0.4, -0.2) is 36.3 Å². The topological polar surface area (TPSA) is 27.7 Å². The number of rotatable bonds is 8. The number of para-hydroxylation sites is 2. The van der Waals surface area contributed by atoms with E-state index in [0.29, 0.717) is 6.04 Å².